The fraction of sp³-hybridized carbons (Fsp3) is 0.600. The van der Waals surface area contributed by atoms with E-state index >= 15 is 0 Å². The number of amides is 1. The zero-order valence-electron chi connectivity index (χ0n) is 11.8. The van der Waals surface area contributed by atoms with Crippen LogP contribution in [0.4, 0.5) is 4.79 Å². The lowest BCUT2D eigenvalue weighted by Gasteiger charge is -2.34. The molecule has 1 saturated heterocycles. The molecule has 0 saturated carbocycles. The van der Waals surface area contributed by atoms with E-state index in [1.54, 1.807) is 4.90 Å². The van der Waals surface area contributed by atoms with Crippen LogP contribution in [-0.4, -0.2) is 29.7 Å². The number of piperidine rings is 1. The highest BCUT2D eigenvalue weighted by Crippen LogP contribution is 2.30. The number of nitrogens with zero attached hydrogens (tertiary/aromatic N) is 2. The van der Waals surface area contributed by atoms with Crippen LogP contribution in [-0.2, 0) is 4.74 Å². The molecular formula is C15H20N2O2. The van der Waals surface area contributed by atoms with Crippen LogP contribution in [0.25, 0.3) is 0 Å². The van der Waals surface area contributed by atoms with Crippen LogP contribution in [0, 0.1) is 17.2 Å². The molecule has 102 valence electrons. The molecule has 1 heterocycles. The Morgan fingerprint density at radius 1 is 1.47 bits per heavy atom. The second-order valence-electron chi connectivity index (χ2n) is 6.04. The minimum atomic E-state index is -0.469. The molecule has 1 atom stereocenters. The van der Waals surface area contributed by atoms with Crippen molar-refractivity contribution < 1.29 is 9.53 Å². The molecule has 0 radical (unpaired) electrons. The number of fused-ring (bicyclic) bond motifs is 1. The molecule has 2 rings (SSSR count). The average molecular weight is 260 g/mol. The van der Waals surface area contributed by atoms with E-state index in [0.29, 0.717) is 13.1 Å². The second-order valence-corrected chi connectivity index (χ2v) is 6.04. The normalized spacial score (nSPS) is 22.8. The largest absolute Gasteiger partial charge is 0.444 e. The first-order valence-electron chi connectivity index (χ1n) is 6.67. The summed E-state index contributed by atoms with van der Waals surface area (Å²) >= 11 is 0. The maximum Gasteiger partial charge on any atom is 0.410 e. The molecule has 1 amide bonds. The van der Waals surface area contributed by atoms with Gasteiger partial charge in [-0.1, -0.05) is 12.2 Å². The molecule has 0 spiro atoms. The number of allylic oxidation sites excluding steroid dienone is 2. The van der Waals surface area contributed by atoms with E-state index in [9.17, 15) is 4.79 Å². The van der Waals surface area contributed by atoms with Gasteiger partial charge < -0.3 is 9.64 Å². The molecule has 4 nitrogen and oxygen atoms in total. The summed E-state index contributed by atoms with van der Waals surface area (Å²) in [6, 6.07) is 2.26. The Morgan fingerprint density at radius 2 is 2.21 bits per heavy atom. The monoisotopic (exact) mass is 260 g/mol. The van der Waals surface area contributed by atoms with E-state index in [0.717, 1.165) is 18.4 Å². The molecule has 0 bridgehead atoms. The van der Waals surface area contributed by atoms with Gasteiger partial charge in [-0.25, -0.2) is 4.79 Å². The molecule has 4 heteroatoms. The standard InChI is InChI=1S/C15H20N2O2/c1-15(2,3)19-14(18)17-7-6-12-5-4-11(9-16)8-13(12)10-17/h5,8,11H,4,6-7,10H2,1-3H3. The molecule has 0 aromatic rings. The molecule has 1 fully saturated rings. The first-order chi connectivity index (χ1) is 8.89. The number of nitriles is 1. The van der Waals surface area contributed by atoms with Crippen LogP contribution < -0.4 is 0 Å². The van der Waals surface area contributed by atoms with Gasteiger partial charge in [0.2, 0.25) is 0 Å². The zero-order valence-corrected chi connectivity index (χ0v) is 11.8. The van der Waals surface area contributed by atoms with Crippen LogP contribution >= 0.6 is 0 Å². The molecule has 19 heavy (non-hydrogen) atoms. The fourth-order valence-electron chi connectivity index (χ4n) is 2.35. The number of hydrogen-bond acceptors (Lipinski definition) is 3. The lowest BCUT2D eigenvalue weighted by atomic mass is 9.87. The maximum absolute atomic E-state index is 12.0. The van der Waals surface area contributed by atoms with Crippen LogP contribution in [0.3, 0.4) is 0 Å². The minimum Gasteiger partial charge on any atom is -0.444 e. The van der Waals surface area contributed by atoms with E-state index in [2.05, 4.69) is 12.1 Å². The topological polar surface area (TPSA) is 53.3 Å². The summed E-state index contributed by atoms with van der Waals surface area (Å²) in [5.41, 5.74) is 1.92. The van der Waals surface area contributed by atoms with Crippen LogP contribution in [0.2, 0.25) is 0 Å². The van der Waals surface area contributed by atoms with E-state index in [4.69, 9.17) is 10.00 Å². The molecule has 2 aliphatic rings. The smallest absolute Gasteiger partial charge is 0.410 e. The first-order valence-corrected chi connectivity index (χ1v) is 6.67. The van der Waals surface area contributed by atoms with Crippen molar-refractivity contribution in [2.75, 3.05) is 13.1 Å². The molecule has 0 aromatic carbocycles. The van der Waals surface area contributed by atoms with Gasteiger partial charge in [0, 0.05) is 13.1 Å². The highest BCUT2D eigenvalue weighted by Gasteiger charge is 2.28. The minimum absolute atomic E-state index is 0.0580. The first kappa shape index (κ1) is 13.7. The predicted octanol–water partition coefficient (Wildman–Crippen LogP) is 3.02. The van der Waals surface area contributed by atoms with E-state index in [1.807, 2.05) is 26.8 Å². The molecule has 0 aromatic heterocycles. The third-order valence-corrected chi connectivity index (χ3v) is 3.26. The third-order valence-electron chi connectivity index (χ3n) is 3.26. The predicted molar refractivity (Wildman–Crippen MR) is 72.3 cm³/mol. The van der Waals surface area contributed by atoms with Gasteiger partial charge in [-0.2, -0.15) is 5.26 Å². The number of hydrogen-bond donors (Lipinski definition) is 0. The van der Waals surface area contributed by atoms with E-state index in [-0.39, 0.29) is 12.0 Å². The zero-order chi connectivity index (χ0) is 14.0. The SMILES string of the molecule is CC(C)(C)OC(=O)N1CCC2=CCC(C#N)C=C2C1. The van der Waals surface area contributed by atoms with Crippen molar-refractivity contribution >= 4 is 6.09 Å². The van der Waals surface area contributed by atoms with Gasteiger partial charge in [0.25, 0.3) is 0 Å². The van der Waals surface area contributed by atoms with Crippen molar-refractivity contribution in [3.8, 4) is 6.07 Å². The van der Waals surface area contributed by atoms with Gasteiger partial charge in [-0.15, -0.1) is 0 Å². The summed E-state index contributed by atoms with van der Waals surface area (Å²) in [6.07, 6.45) is 5.50. The van der Waals surface area contributed by atoms with Crippen LogP contribution in [0.15, 0.2) is 23.3 Å². The van der Waals surface area contributed by atoms with Gasteiger partial charge in [0.15, 0.2) is 0 Å². The van der Waals surface area contributed by atoms with Gasteiger partial charge in [-0.05, 0) is 44.8 Å². The van der Waals surface area contributed by atoms with Gasteiger partial charge in [0.1, 0.15) is 5.60 Å². The highest BCUT2D eigenvalue weighted by molar-refractivity contribution is 5.69. The average Bonchev–Trinajstić information content (AvgIpc) is 2.35. The lowest BCUT2D eigenvalue weighted by molar-refractivity contribution is 0.0258. The van der Waals surface area contributed by atoms with Crippen molar-refractivity contribution in [2.24, 2.45) is 5.92 Å². The Labute approximate surface area is 114 Å². The molecular weight excluding hydrogens is 240 g/mol. The molecule has 1 aliphatic heterocycles. The summed E-state index contributed by atoms with van der Waals surface area (Å²) < 4.78 is 5.39. The van der Waals surface area contributed by atoms with Crippen molar-refractivity contribution in [1.29, 1.82) is 5.26 Å². The van der Waals surface area contributed by atoms with Crippen molar-refractivity contribution in [3.05, 3.63) is 23.3 Å². The van der Waals surface area contributed by atoms with Crippen LogP contribution in [0.1, 0.15) is 33.6 Å². The summed E-state index contributed by atoms with van der Waals surface area (Å²) in [7, 11) is 0. The molecule has 1 unspecified atom stereocenters. The summed E-state index contributed by atoms with van der Waals surface area (Å²) in [6.45, 7) is 6.84. The summed E-state index contributed by atoms with van der Waals surface area (Å²) in [5, 5.41) is 8.98. The quantitative estimate of drug-likeness (QED) is 0.672. The summed E-state index contributed by atoms with van der Waals surface area (Å²) in [5.74, 6) is -0.0580. The number of ether oxygens (including phenoxy) is 1. The maximum atomic E-state index is 12.0. The summed E-state index contributed by atoms with van der Waals surface area (Å²) in [4.78, 5) is 13.7. The van der Waals surface area contributed by atoms with Crippen LogP contribution in [0.5, 0.6) is 0 Å². The van der Waals surface area contributed by atoms with E-state index in [1.165, 1.54) is 5.57 Å². The lowest BCUT2D eigenvalue weighted by Crippen LogP contribution is -2.41. The Kier molecular flexibility index (Phi) is 3.66. The number of likely N-dealkylation sites (tertiary alicyclic amines) is 1. The number of carbonyl (C=O) groups is 1. The van der Waals surface area contributed by atoms with Crippen molar-refractivity contribution in [3.63, 3.8) is 0 Å². The van der Waals surface area contributed by atoms with Gasteiger partial charge in [0.05, 0.1) is 12.0 Å². The van der Waals surface area contributed by atoms with Crippen molar-refractivity contribution in [2.45, 2.75) is 39.2 Å². The molecule has 0 N–H and O–H groups in total. The highest BCUT2D eigenvalue weighted by atomic mass is 16.6. The van der Waals surface area contributed by atoms with E-state index < -0.39 is 5.60 Å². The molecule has 1 aliphatic carbocycles. The van der Waals surface area contributed by atoms with Crippen molar-refractivity contribution in [1.82, 2.24) is 4.90 Å². The fourth-order valence-corrected chi connectivity index (χ4v) is 2.35. The number of rotatable bonds is 0. The Hall–Kier alpha value is -1.76. The number of carbonyl (C=O) groups excluding carboxylic acids is 1. The van der Waals surface area contributed by atoms with Gasteiger partial charge >= 0.3 is 6.09 Å². The Balaban J connectivity index is 2.05. The van der Waals surface area contributed by atoms with Gasteiger partial charge in [-0.3, -0.25) is 0 Å². The second kappa shape index (κ2) is 5.08. The Bertz CT molecular complexity index is 477. The third kappa shape index (κ3) is 3.37. The Morgan fingerprint density at radius 3 is 2.84 bits per heavy atom.